The number of rotatable bonds is 6. The van der Waals surface area contributed by atoms with E-state index in [4.69, 9.17) is 0 Å². The van der Waals surface area contributed by atoms with E-state index in [9.17, 15) is 18.7 Å². The van der Waals surface area contributed by atoms with E-state index >= 15 is 0 Å². The molecule has 2 aromatic rings. The van der Waals surface area contributed by atoms with Gasteiger partial charge in [0.2, 0.25) is 5.91 Å². The largest absolute Gasteiger partial charge is 0.395 e. The van der Waals surface area contributed by atoms with E-state index in [-0.39, 0.29) is 18.6 Å². The van der Waals surface area contributed by atoms with Crippen molar-refractivity contribution in [1.82, 2.24) is 14.8 Å². The monoisotopic (exact) mass is 455 g/mol. The van der Waals surface area contributed by atoms with Crippen molar-refractivity contribution in [1.29, 1.82) is 0 Å². The minimum Gasteiger partial charge on any atom is -0.395 e. The summed E-state index contributed by atoms with van der Waals surface area (Å²) < 4.78 is 26.6. The molecule has 7 heteroatoms. The first kappa shape index (κ1) is 23.5. The number of halogens is 2. The Kier molecular flexibility index (Phi) is 7.83. The molecule has 0 radical (unpaired) electrons. The predicted molar refractivity (Wildman–Crippen MR) is 123 cm³/mol. The maximum atomic E-state index is 13.3. The number of carbonyl (C=O) groups is 1. The Bertz CT molecular complexity index is 933. The molecule has 1 N–H and O–H groups in total. The van der Waals surface area contributed by atoms with E-state index in [1.165, 1.54) is 29.8 Å². The zero-order valence-electron chi connectivity index (χ0n) is 18.7. The fourth-order valence-corrected chi connectivity index (χ4v) is 5.21. The molecule has 2 aliphatic rings. The number of aromatic nitrogens is 1. The summed E-state index contributed by atoms with van der Waals surface area (Å²) in [5, 5.41) is 10.1. The van der Waals surface area contributed by atoms with E-state index in [2.05, 4.69) is 22.0 Å². The van der Waals surface area contributed by atoms with Crippen LogP contribution in [0.15, 0.2) is 48.8 Å². The van der Waals surface area contributed by atoms with Crippen LogP contribution in [0.4, 0.5) is 8.78 Å². The summed E-state index contributed by atoms with van der Waals surface area (Å²) in [7, 11) is 0. The molecule has 0 saturated carbocycles. The summed E-state index contributed by atoms with van der Waals surface area (Å²) >= 11 is 0. The van der Waals surface area contributed by atoms with Crippen LogP contribution < -0.4 is 0 Å². The first-order valence-corrected chi connectivity index (χ1v) is 11.7. The lowest BCUT2D eigenvalue weighted by molar-refractivity contribution is -0.127. The van der Waals surface area contributed by atoms with Gasteiger partial charge in [-0.15, -0.1) is 0 Å². The quantitative estimate of drug-likeness (QED) is 0.673. The fraction of sp³-hybridized carbons (Fsp3) is 0.462. The fourth-order valence-electron chi connectivity index (χ4n) is 5.21. The second kappa shape index (κ2) is 11.0. The number of amides is 1. The van der Waals surface area contributed by atoms with Crippen LogP contribution in [0.1, 0.15) is 42.7 Å². The van der Waals surface area contributed by atoms with Crippen LogP contribution in [0.5, 0.6) is 0 Å². The Morgan fingerprint density at radius 2 is 1.67 bits per heavy atom. The Hall–Kier alpha value is -2.64. The highest BCUT2D eigenvalue weighted by molar-refractivity contribution is 5.91. The van der Waals surface area contributed by atoms with Crippen LogP contribution in [0.25, 0.3) is 6.08 Å². The maximum absolute atomic E-state index is 13.3. The topological polar surface area (TPSA) is 56.7 Å². The van der Waals surface area contributed by atoms with Gasteiger partial charge >= 0.3 is 0 Å². The summed E-state index contributed by atoms with van der Waals surface area (Å²) in [5.41, 5.74) is 1.66. The SMILES string of the molecule is O=C(C=Cc1cc(F)cc(F)c1)N1CCC(C(CO)N2CCC(c3ccncc3)CC2)CC1. The minimum atomic E-state index is -0.664. The number of nitrogens with zero attached hydrogens (tertiary/aromatic N) is 3. The van der Waals surface area contributed by atoms with Gasteiger partial charge in [0.25, 0.3) is 0 Å². The third kappa shape index (κ3) is 6.03. The number of hydrogen-bond acceptors (Lipinski definition) is 4. The predicted octanol–water partition coefficient (Wildman–Crippen LogP) is 3.85. The summed E-state index contributed by atoms with van der Waals surface area (Å²) in [5.74, 6) is -0.596. The summed E-state index contributed by atoms with van der Waals surface area (Å²) in [4.78, 5) is 20.8. The van der Waals surface area contributed by atoms with E-state index in [1.807, 2.05) is 12.4 Å². The number of carbonyl (C=O) groups excluding carboxylic acids is 1. The minimum absolute atomic E-state index is 0.117. The summed E-state index contributed by atoms with van der Waals surface area (Å²) in [6.07, 6.45) is 10.3. The first-order chi connectivity index (χ1) is 16.0. The highest BCUT2D eigenvalue weighted by atomic mass is 19.1. The molecule has 176 valence electrons. The molecule has 2 fully saturated rings. The molecule has 5 nitrogen and oxygen atoms in total. The van der Waals surface area contributed by atoms with Crippen molar-refractivity contribution < 1.29 is 18.7 Å². The average Bonchev–Trinajstić information content (AvgIpc) is 2.84. The molecule has 0 aliphatic carbocycles. The van der Waals surface area contributed by atoms with Crippen LogP contribution in [0, 0.1) is 17.6 Å². The number of piperidine rings is 2. The Labute approximate surface area is 193 Å². The maximum Gasteiger partial charge on any atom is 0.246 e. The van der Waals surface area contributed by atoms with Crippen molar-refractivity contribution in [3.05, 3.63) is 71.6 Å². The Morgan fingerprint density at radius 3 is 2.27 bits per heavy atom. The van der Waals surface area contributed by atoms with Crippen molar-refractivity contribution in [2.75, 3.05) is 32.8 Å². The molecule has 1 aromatic heterocycles. The lowest BCUT2D eigenvalue weighted by Crippen LogP contribution is -2.50. The molecule has 2 aliphatic heterocycles. The highest BCUT2D eigenvalue weighted by Gasteiger charge is 2.33. The van der Waals surface area contributed by atoms with Gasteiger partial charge in [0.05, 0.1) is 6.61 Å². The van der Waals surface area contributed by atoms with Crippen molar-refractivity contribution in [3.63, 3.8) is 0 Å². The number of benzene rings is 1. The molecular weight excluding hydrogens is 424 g/mol. The molecule has 0 spiro atoms. The van der Waals surface area contributed by atoms with Gasteiger partial charge in [-0.05, 0) is 92.1 Å². The van der Waals surface area contributed by atoms with E-state index in [0.29, 0.717) is 30.5 Å². The second-order valence-corrected chi connectivity index (χ2v) is 9.04. The van der Waals surface area contributed by atoms with Crippen LogP contribution in [-0.2, 0) is 4.79 Å². The van der Waals surface area contributed by atoms with Crippen molar-refractivity contribution in [3.8, 4) is 0 Å². The number of aliphatic hydroxyl groups excluding tert-OH is 1. The van der Waals surface area contributed by atoms with Crippen LogP contribution in [0.2, 0.25) is 0 Å². The van der Waals surface area contributed by atoms with Crippen molar-refractivity contribution >= 4 is 12.0 Å². The Balaban J connectivity index is 1.27. The Morgan fingerprint density at radius 1 is 1.03 bits per heavy atom. The van der Waals surface area contributed by atoms with Gasteiger partial charge in [-0.25, -0.2) is 8.78 Å². The lowest BCUT2D eigenvalue weighted by Gasteiger charge is -2.43. The molecule has 1 unspecified atom stereocenters. The highest BCUT2D eigenvalue weighted by Crippen LogP contribution is 2.32. The van der Waals surface area contributed by atoms with Crippen LogP contribution >= 0.6 is 0 Å². The van der Waals surface area contributed by atoms with Gasteiger partial charge in [-0.1, -0.05) is 0 Å². The molecule has 4 rings (SSSR count). The van der Waals surface area contributed by atoms with Gasteiger partial charge in [0, 0.05) is 43.7 Å². The van der Waals surface area contributed by atoms with Gasteiger partial charge in [0.15, 0.2) is 0 Å². The number of hydrogen-bond donors (Lipinski definition) is 1. The summed E-state index contributed by atoms with van der Waals surface area (Å²) in [6.45, 7) is 3.29. The number of pyridine rings is 1. The molecule has 1 atom stereocenters. The number of aliphatic hydroxyl groups is 1. The van der Waals surface area contributed by atoms with Crippen molar-refractivity contribution in [2.45, 2.75) is 37.6 Å². The zero-order chi connectivity index (χ0) is 23.2. The van der Waals surface area contributed by atoms with Crippen molar-refractivity contribution in [2.24, 2.45) is 5.92 Å². The van der Waals surface area contributed by atoms with Gasteiger partial charge in [0.1, 0.15) is 11.6 Å². The third-order valence-electron chi connectivity index (χ3n) is 7.06. The normalized spacial score (nSPS) is 19.8. The average molecular weight is 456 g/mol. The zero-order valence-corrected chi connectivity index (χ0v) is 18.7. The van der Waals surface area contributed by atoms with E-state index in [1.54, 1.807) is 4.90 Å². The number of likely N-dealkylation sites (tertiary alicyclic amines) is 2. The van der Waals surface area contributed by atoms with E-state index < -0.39 is 11.6 Å². The third-order valence-corrected chi connectivity index (χ3v) is 7.06. The molecule has 1 amide bonds. The smallest absolute Gasteiger partial charge is 0.246 e. The standard InChI is InChI=1S/C26H31F2N3O2/c27-23-15-19(16-24(28)17-23)1-2-26(33)31-13-7-22(8-14-31)25(18-32)30-11-5-21(6-12-30)20-3-9-29-10-4-20/h1-4,9-10,15-17,21-22,25,32H,5-8,11-14,18H2. The van der Waals surface area contributed by atoms with E-state index in [0.717, 1.165) is 44.8 Å². The van der Waals surface area contributed by atoms with Crippen LogP contribution in [-0.4, -0.2) is 64.6 Å². The molecule has 33 heavy (non-hydrogen) atoms. The lowest BCUT2D eigenvalue weighted by atomic mass is 9.85. The molecule has 1 aromatic carbocycles. The van der Waals surface area contributed by atoms with Gasteiger partial charge < -0.3 is 10.0 Å². The molecule has 0 bridgehead atoms. The molecular formula is C26H31F2N3O2. The molecule has 3 heterocycles. The van der Waals surface area contributed by atoms with Gasteiger partial charge in [-0.3, -0.25) is 14.7 Å². The summed E-state index contributed by atoms with van der Waals surface area (Å²) in [6, 6.07) is 7.51. The first-order valence-electron chi connectivity index (χ1n) is 11.7. The van der Waals surface area contributed by atoms with Gasteiger partial charge in [-0.2, -0.15) is 0 Å². The second-order valence-electron chi connectivity index (χ2n) is 9.04. The van der Waals surface area contributed by atoms with Crippen LogP contribution in [0.3, 0.4) is 0 Å². The molecule has 2 saturated heterocycles.